The second-order valence-electron chi connectivity index (χ2n) is 18.8. The molecule has 0 atom stereocenters. The lowest BCUT2D eigenvalue weighted by Gasteiger charge is -2.31. The second kappa shape index (κ2) is 15.9. The lowest BCUT2D eigenvalue weighted by Crippen LogP contribution is -2.14. The van der Waals surface area contributed by atoms with Crippen LogP contribution in [0.1, 0.15) is 29.5 Å². The standard InChI is InChI=1S/C66H46N2O2/c1-41-27-35-57(53(39-41)43-15-5-3-6-16-43)67(59-23-13-21-49-47-19-9-11-25-61(47)69-65(49)59)55-37-31-45-30-34-52-56(38-32-46-29-33-51(55)63(45)64(46)52)68(58-36-28-42(2)40-54(58)44-17-7-4-8-18-44)60-24-14-22-50-48-20-10-12-26-62(48)70-66(50)60/h3-7,9-17,19-40H,8,18H2,1-2H3. The molecule has 11 aromatic carbocycles. The van der Waals surface area contributed by atoms with E-state index in [4.69, 9.17) is 8.83 Å². The molecule has 0 bridgehead atoms. The maximum atomic E-state index is 6.89. The molecule has 13 aromatic rings. The van der Waals surface area contributed by atoms with Gasteiger partial charge in [0.15, 0.2) is 11.2 Å². The Bertz CT molecular complexity index is 4280. The first-order valence-corrected chi connectivity index (χ1v) is 24.3. The quantitative estimate of drug-likeness (QED) is 0.142. The van der Waals surface area contributed by atoms with Gasteiger partial charge in [0.25, 0.3) is 0 Å². The first kappa shape index (κ1) is 40.2. The monoisotopic (exact) mass is 898 g/mol. The molecule has 0 fully saturated rings. The number of nitrogens with zero attached hydrogens (tertiary/aromatic N) is 2. The predicted molar refractivity (Wildman–Crippen MR) is 295 cm³/mol. The summed E-state index contributed by atoms with van der Waals surface area (Å²) in [6.07, 6.45) is 8.75. The van der Waals surface area contributed by atoms with E-state index >= 15 is 0 Å². The van der Waals surface area contributed by atoms with Crippen molar-refractivity contribution in [2.24, 2.45) is 0 Å². The number of benzene rings is 11. The molecule has 0 aliphatic heterocycles. The Morgan fingerprint density at radius 3 is 1.43 bits per heavy atom. The average molecular weight is 899 g/mol. The molecule has 332 valence electrons. The zero-order valence-corrected chi connectivity index (χ0v) is 38.9. The number of allylic oxidation sites excluding steroid dienone is 4. The van der Waals surface area contributed by atoms with Crippen molar-refractivity contribution >= 4 is 116 Å². The third-order valence-electron chi connectivity index (χ3n) is 14.6. The van der Waals surface area contributed by atoms with Crippen molar-refractivity contribution in [2.45, 2.75) is 26.7 Å². The van der Waals surface area contributed by atoms with E-state index < -0.39 is 0 Å². The summed E-state index contributed by atoms with van der Waals surface area (Å²) in [5, 5.41) is 11.5. The van der Waals surface area contributed by atoms with Crippen LogP contribution in [0.4, 0.5) is 34.1 Å². The van der Waals surface area contributed by atoms with Crippen LogP contribution in [0, 0.1) is 13.8 Å². The van der Waals surface area contributed by atoms with Crippen molar-refractivity contribution in [3.8, 4) is 11.1 Å². The maximum absolute atomic E-state index is 6.89. The Morgan fingerprint density at radius 1 is 0.386 bits per heavy atom. The Labute approximate surface area is 405 Å². The highest BCUT2D eigenvalue weighted by atomic mass is 16.3. The van der Waals surface area contributed by atoms with Gasteiger partial charge in [0.2, 0.25) is 0 Å². The fourth-order valence-corrected chi connectivity index (χ4v) is 11.4. The van der Waals surface area contributed by atoms with Crippen molar-refractivity contribution in [3.05, 3.63) is 235 Å². The zero-order valence-electron chi connectivity index (χ0n) is 38.9. The van der Waals surface area contributed by atoms with E-state index in [0.29, 0.717) is 0 Å². The fourth-order valence-electron chi connectivity index (χ4n) is 11.4. The van der Waals surface area contributed by atoms with E-state index in [1.54, 1.807) is 0 Å². The number of furan rings is 2. The number of aryl methyl sites for hydroxylation is 2. The average Bonchev–Trinajstić information content (AvgIpc) is 3.99. The van der Waals surface area contributed by atoms with E-state index in [2.05, 4.69) is 236 Å². The zero-order chi connectivity index (χ0) is 46.5. The normalized spacial score (nSPS) is 12.9. The molecular weight excluding hydrogens is 853 g/mol. The van der Waals surface area contributed by atoms with Gasteiger partial charge in [-0.25, -0.2) is 0 Å². The summed E-state index contributed by atoms with van der Waals surface area (Å²) >= 11 is 0. The van der Waals surface area contributed by atoms with Crippen LogP contribution in [-0.4, -0.2) is 0 Å². The molecule has 0 saturated carbocycles. The first-order chi connectivity index (χ1) is 34.6. The van der Waals surface area contributed by atoms with Gasteiger partial charge in [0, 0.05) is 43.4 Å². The Morgan fingerprint density at radius 2 is 0.871 bits per heavy atom. The van der Waals surface area contributed by atoms with E-state index in [9.17, 15) is 0 Å². The topological polar surface area (TPSA) is 32.8 Å². The SMILES string of the molecule is Cc1ccc(N(c2ccc3ccc4c(N(c5ccc(C)cc5-c5ccccc5)c5cccc6c5oc5ccccc56)ccc5ccc2c3c54)c2cccc3c2oc2ccccc23)c(C2=CC=CCC2)c1. The number of hydrogen-bond acceptors (Lipinski definition) is 4. The largest absolute Gasteiger partial charge is 0.454 e. The minimum atomic E-state index is 0.851. The highest BCUT2D eigenvalue weighted by Crippen LogP contribution is 2.52. The molecule has 0 radical (unpaired) electrons. The van der Waals surface area contributed by atoms with Crippen molar-refractivity contribution in [1.82, 2.24) is 0 Å². The molecule has 1 aliphatic carbocycles. The van der Waals surface area contributed by atoms with Crippen LogP contribution in [0.25, 0.3) is 92.9 Å². The predicted octanol–water partition coefficient (Wildman–Crippen LogP) is 19.3. The molecule has 0 N–H and O–H groups in total. The molecule has 14 rings (SSSR count). The van der Waals surface area contributed by atoms with Crippen LogP contribution >= 0.6 is 0 Å². The lowest BCUT2D eigenvalue weighted by atomic mass is 9.90. The van der Waals surface area contributed by atoms with Crippen LogP contribution in [0.5, 0.6) is 0 Å². The molecule has 2 aromatic heterocycles. The van der Waals surface area contributed by atoms with E-state index in [0.717, 1.165) is 113 Å². The molecular formula is C66H46N2O2. The van der Waals surface area contributed by atoms with Gasteiger partial charge >= 0.3 is 0 Å². The molecule has 70 heavy (non-hydrogen) atoms. The van der Waals surface area contributed by atoms with Crippen LogP contribution in [-0.2, 0) is 0 Å². The summed E-state index contributed by atoms with van der Waals surface area (Å²) in [5.41, 5.74) is 17.1. The van der Waals surface area contributed by atoms with Crippen LogP contribution < -0.4 is 9.80 Å². The number of fused-ring (bicyclic) bond motifs is 6. The van der Waals surface area contributed by atoms with Crippen molar-refractivity contribution < 1.29 is 8.83 Å². The van der Waals surface area contributed by atoms with Gasteiger partial charge in [-0.1, -0.05) is 169 Å². The summed E-state index contributed by atoms with van der Waals surface area (Å²) < 4.78 is 13.8. The Hall–Kier alpha value is -8.86. The van der Waals surface area contributed by atoms with Gasteiger partial charge < -0.3 is 18.6 Å². The van der Waals surface area contributed by atoms with Gasteiger partial charge in [0.05, 0.1) is 34.1 Å². The molecule has 0 amide bonds. The first-order valence-electron chi connectivity index (χ1n) is 24.3. The van der Waals surface area contributed by atoms with E-state index in [-0.39, 0.29) is 0 Å². The van der Waals surface area contributed by atoms with E-state index in [1.165, 1.54) is 43.8 Å². The highest BCUT2D eigenvalue weighted by molar-refractivity contribution is 6.29. The fraction of sp³-hybridized carbons (Fsp3) is 0.0606. The van der Waals surface area contributed by atoms with Gasteiger partial charge in [-0.2, -0.15) is 0 Å². The molecule has 4 nitrogen and oxygen atoms in total. The number of anilines is 6. The molecule has 1 aliphatic rings. The highest BCUT2D eigenvalue weighted by Gasteiger charge is 2.28. The van der Waals surface area contributed by atoms with Crippen molar-refractivity contribution in [3.63, 3.8) is 0 Å². The summed E-state index contributed by atoms with van der Waals surface area (Å²) in [6.45, 7) is 4.37. The second-order valence-corrected chi connectivity index (χ2v) is 18.8. The summed E-state index contributed by atoms with van der Waals surface area (Å²) in [7, 11) is 0. The van der Waals surface area contributed by atoms with Gasteiger partial charge in [-0.15, -0.1) is 0 Å². The number of hydrogen-bond donors (Lipinski definition) is 0. The third kappa shape index (κ3) is 6.23. The summed E-state index contributed by atoms with van der Waals surface area (Å²) in [5.74, 6) is 0. The van der Waals surface area contributed by atoms with Crippen LogP contribution in [0.15, 0.2) is 227 Å². The van der Waals surface area contributed by atoms with E-state index in [1.807, 2.05) is 6.07 Å². The lowest BCUT2D eigenvalue weighted by molar-refractivity contribution is 0.669. The number of para-hydroxylation sites is 4. The van der Waals surface area contributed by atoms with Crippen LogP contribution in [0.3, 0.4) is 0 Å². The van der Waals surface area contributed by atoms with Crippen LogP contribution in [0.2, 0.25) is 0 Å². The minimum absolute atomic E-state index is 0.851. The van der Waals surface area contributed by atoms with Gasteiger partial charge in [-0.05, 0) is 120 Å². The Balaban J connectivity index is 1.06. The number of rotatable bonds is 8. The summed E-state index contributed by atoms with van der Waals surface area (Å²) in [6, 6.07) is 72.9. The molecule has 2 heterocycles. The molecule has 0 saturated heterocycles. The van der Waals surface area contributed by atoms with Crippen molar-refractivity contribution in [2.75, 3.05) is 9.80 Å². The maximum Gasteiger partial charge on any atom is 0.159 e. The Kier molecular flexibility index (Phi) is 9.12. The third-order valence-corrected chi connectivity index (χ3v) is 14.6. The minimum Gasteiger partial charge on any atom is -0.454 e. The summed E-state index contributed by atoms with van der Waals surface area (Å²) in [4.78, 5) is 4.91. The van der Waals surface area contributed by atoms with Crippen molar-refractivity contribution in [1.29, 1.82) is 0 Å². The molecule has 0 spiro atoms. The van der Waals surface area contributed by atoms with Gasteiger partial charge in [-0.3, -0.25) is 0 Å². The smallest absolute Gasteiger partial charge is 0.159 e. The van der Waals surface area contributed by atoms with Gasteiger partial charge in [0.1, 0.15) is 11.2 Å². The molecule has 4 heteroatoms. The molecule has 0 unspecified atom stereocenters.